The molecule has 0 aliphatic carbocycles. The molecule has 8 heteroatoms. The number of rotatable bonds is 3. The van der Waals surface area contributed by atoms with E-state index in [0.29, 0.717) is 26.4 Å². The number of thiophene rings is 1. The molecule has 4 aromatic rings. The minimum Gasteiger partial charge on any atom is -0.296 e. The average Bonchev–Trinajstić information content (AvgIpc) is 3.21. The molecule has 0 fully saturated rings. The number of aromatic nitrogens is 2. The Kier molecular flexibility index (Phi) is 4.20. The van der Waals surface area contributed by atoms with E-state index in [1.54, 1.807) is 12.1 Å². The average molecular weight is 390 g/mol. The van der Waals surface area contributed by atoms with Gasteiger partial charge in [0.1, 0.15) is 10.7 Å². The van der Waals surface area contributed by atoms with Crippen LogP contribution in [0.2, 0.25) is 5.02 Å². The molecule has 0 saturated heterocycles. The zero-order valence-corrected chi connectivity index (χ0v) is 14.9. The van der Waals surface area contributed by atoms with E-state index in [2.05, 4.69) is 14.7 Å². The summed E-state index contributed by atoms with van der Waals surface area (Å²) in [6.45, 7) is 0. The van der Waals surface area contributed by atoms with Gasteiger partial charge in [-0.2, -0.15) is 9.36 Å². The first-order valence-corrected chi connectivity index (χ1v) is 9.16. The van der Waals surface area contributed by atoms with Gasteiger partial charge >= 0.3 is 0 Å². The van der Waals surface area contributed by atoms with E-state index >= 15 is 0 Å². The first-order valence-electron chi connectivity index (χ1n) is 7.20. The van der Waals surface area contributed by atoms with Gasteiger partial charge in [0.15, 0.2) is 5.82 Å². The fourth-order valence-electron chi connectivity index (χ4n) is 2.30. The van der Waals surface area contributed by atoms with Crippen LogP contribution in [0.25, 0.3) is 21.5 Å². The third kappa shape index (κ3) is 3.13. The monoisotopic (exact) mass is 389 g/mol. The minimum absolute atomic E-state index is 0.326. The minimum atomic E-state index is -0.327. The molecule has 2 aromatic carbocycles. The fraction of sp³-hybridized carbons (Fsp3) is 0. The second-order valence-electron chi connectivity index (χ2n) is 5.13. The maximum atomic E-state index is 13.0. The molecule has 25 heavy (non-hydrogen) atoms. The van der Waals surface area contributed by atoms with Crippen LogP contribution in [0.1, 0.15) is 9.67 Å². The van der Waals surface area contributed by atoms with Gasteiger partial charge in [0.05, 0.1) is 5.02 Å². The van der Waals surface area contributed by atoms with Crippen LogP contribution in [0.4, 0.5) is 9.52 Å². The lowest BCUT2D eigenvalue weighted by molar-refractivity contribution is 0.103. The highest BCUT2D eigenvalue weighted by atomic mass is 35.5. The number of amides is 1. The third-order valence-corrected chi connectivity index (χ3v) is 5.79. The van der Waals surface area contributed by atoms with Gasteiger partial charge in [0.25, 0.3) is 5.91 Å². The molecule has 0 spiro atoms. The largest absolute Gasteiger partial charge is 0.296 e. The number of hydrogen-bond donors (Lipinski definition) is 1. The first kappa shape index (κ1) is 16.1. The van der Waals surface area contributed by atoms with Crippen LogP contribution in [0.5, 0.6) is 0 Å². The van der Waals surface area contributed by atoms with Crippen molar-refractivity contribution in [3.05, 3.63) is 64.2 Å². The maximum absolute atomic E-state index is 13.0. The highest BCUT2D eigenvalue weighted by Gasteiger charge is 2.18. The molecular formula is C17H9ClFN3OS2. The van der Waals surface area contributed by atoms with Gasteiger partial charge in [0, 0.05) is 27.2 Å². The quantitative estimate of drug-likeness (QED) is 0.505. The number of halogens is 2. The zero-order valence-electron chi connectivity index (χ0n) is 12.5. The molecule has 4 nitrogen and oxygen atoms in total. The lowest BCUT2D eigenvalue weighted by Gasteiger charge is -1.98. The molecule has 2 heterocycles. The fourth-order valence-corrected chi connectivity index (χ4v) is 4.30. The van der Waals surface area contributed by atoms with E-state index in [1.165, 1.54) is 23.5 Å². The van der Waals surface area contributed by atoms with Crippen LogP contribution < -0.4 is 5.32 Å². The van der Waals surface area contributed by atoms with E-state index in [0.717, 1.165) is 21.6 Å². The normalized spacial score (nSPS) is 11.0. The number of hydrogen-bond acceptors (Lipinski definition) is 5. The number of nitrogens with zero attached hydrogens (tertiary/aromatic N) is 2. The van der Waals surface area contributed by atoms with Gasteiger partial charge in [-0.25, -0.2) is 4.39 Å². The molecule has 124 valence electrons. The summed E-state index contributed by atoms with van der Waals surface area (Å²) < 4.78 is 18.1. The summed E-state index contributed by atoms with van der Waals surface area (Å²) in [4.78, 5) is 17.2. The van der Waals surface area contributed by atoms with Gasteiger partial charge < -0.3 is 0 Å². The second-order valence-corrected chi connectivity index (χ2v) is 7.31. The molecule has 0 bridgehead atoms. The molecule has 1 amide bonds. The molecule has 0 saturated carbocycles. The Labute approximate surface area is 155 Å². The molecule has 0 unspecified atom stereocenters. The van der Waals surface area contributed by atoms with Crippen LogP contribution in [0.15, 0.2) is 48.5 Å². The van der Waals surface area contributed by atoms with E-state index in [9.17, 15) is 9.18 Å². The molecule has 0 radical (unpaired) electrons. The Morgan fingerprint density at radius 2 is 1.88 bits per heavy atom. The third-order valence-electron chi connectivity index (χ3n) is 3.49. The summed E-state index contributed by atoms with van der Waals surface area (Å²) >= 11 is 8.70. The van der Waals surface area contributed by atoms with E-state index in [-0.39, 0.29) is 11.7 Å². The summed E-state index contributed by atoms with van der Waals surface area (Å²) in [5.41, 5.74) is 0.679. The van der Waals surface area contributed by atoms with Crippen molar-refractivity contribution in [2.24, 2.45) is 0 Å². The number of benzene rings is 2. The maximum Gasteiger partial charge on any atom is 0.269 e. The van der Waals surface area contributed by atoms with Crippen LogP contribution in [0, 0.1) is 5.82 Å². The lowest BCUT2D eigenvalue weighted by atomic mass is 10.2. The molecule has 4 rings (SSSR count). The van der Waals surface area contributed by atoms with Crippen LogP contribution in [-0.2, 0) is 0 Å². The Morgan fingerprint density at radius 1 is 1.12 bits per heavy atom. The smallest absolute Gasteiger partial charge is 0.269 e. The Bertz CT molecular complexity index is 1080. The van der Waals surface area contributed by atoms with Crippen molar-refractivity contribution in [2.75, 3.05) is 5.32 Å². The number of carbonyl (C=O) groups excluding carboxylic acids is 1. The summed E-state index contributed by atoms with van der Waals surface area (Å²) in [5.74, 6) is -0.220. The van der Waals surface area contributed by atoms with Gasteiger partial charge in [0.2, 0.25) is 5.13 Å². The summed E-state index contributed by atoms with van der Waals surface area (Å²) in [6, 6.07) is 13.4. The van der Waals surface area contributed by atoms with Crippen molar-refractivity contribution in [3.63, 3.8) is 0 Å². The number of carbonyl (C=O) groups is 1. The molecule has 0 atom stereocenters. The number of nitrogens with one attached hydrogen (secondary N) is 1. The van der Waals surface area contributed by atoms with Gasteiger partial charge in [-0.1, -0.05) is 29.8 Å². The predicted molar refractivity (Wildman–Crippen MR) is 100 cm³/mol. The molecule has 2 aromatic heterocycles. The summed E-state index contributed by atoms with van der Waals surface area (Å²) in [7, 11) is 0. The Balaban J connectivity index is 1.58. The first-order chi connectivity index (χ1) is 12.1. The van der Waals surface area contributed by atoms with E-state index < -0.39 is 0 Å². The highest BCUT2D eigenvalue weighted by Crippen LogP contribution is 2.35. The molecule has 0 aliphatic rings. The highest BCUT2D eigenvalue weighted by molar-refractivity contribution is 7.21. The van der Waals surface area contributed by atoms with E-state index in [4.69, 9.17) is 11.6 Å². The second kappa shape index (κ2) is 6.51. The molecular weight excluding hydrogens is 381 g/mol. The lowest BCUT2D eigenvalue weighted by Crippen LogP contribution is -2.10. The molecule has 0 aliphatic heterocycles. The number of fused-ring (bicyclic) bond motifs is 1. The van der Waals surface area contributed by atoms with Gasteiger partial charge in [-0.15, -0.1) is 11.3 Å². The van der Waals surface area contributed by atoms with Crippen molar-refractivity contribution >= 4 is 55.6 Å². The summed E-state index contributed by atoms with van der Waals surface area (Å²) in [6.07, 6.45) is 0. The topological polar surface area (TPSA) is 54.9 Å². The SMILES string of the molecule is O=C(Nc1nc(-c2ccc(F)cc2)ns1)c1sc2ccccc2c1Cl. The predicted octanol–water partition coefficient (Wildman–Crippen LogP) is 5.46. The van der Waals surface area contributed by atoms with Gasteiger partial charge in [-0.3, -0.25) is 10.1 Å². The van der Waals surface area contributed by atoms with Crippen molar-refractivity contribution in [1.29, 1.82) is 0 Å². The standard InChI is InChI=1S/C17H9ClFN3OS2/c18-13-11-3-1-2-4-12(11)24-14(13)16(23)21-17-20-15(22-25-17)9-5-7-10(19)8-6-9/h1-8H,(H,20,21,22,23). The van der Waals surface area contributed by atoms with Crippen LogP contribution in [0.3, 0.4) is 0 Å². The number of anilines is 1. The van der Waals surface area contributed by atoms with Crippen molar-refractivity contribution in [3.8, 4) is 11.4 Å². The Hall–Kier alpha value is -2.35. The van der Waals surface area contributed by atoms with Gasteiger partial charge in [-0.05, 0) is 30.3 Å². The zero-order chi connectivity index (χ0) is 17.4. The Morgan fingerprint density at radius 3 is 2.64 bits per heavy atom. The van der Waals surface area contributed by atoms with Crippen molar-refractivity contribution in [2.45, 2.75) is 0 Å². The summed E-state index contributed by atoms with van der Waals surface area (Å²) in [5, 5.41) is 4.36. The van der Waals surface area contributed by atoms with Crippen molar-refractivity contribution in [1.82, 2.24) is 9.36 Å². The molecule has 1 N–H and O–H groups in total. The van der Waals surface area contributed by atoms with Crippen LogP contribution in [-0.4, -0.2) is 15.3 Å². The van der Waals surface area contributed by atoms with Crippen molar-refractivity contribution < 1.29 is 9.18 Å². The van der Waals surface area contributed by atoms with E-state index in [1.807, 2.05) is 24.3 Å². The van der Waals surface area contributed by atoms with Crippen LogP contribution >= 0.6 is 34.5 Å².